The Bertz CT molecular complexity index is 873. The van der Waals surface area contributed by atoms with Gasteiger partial charge in [0.2, 0.25) is 0 Å². The maximum absolute atomic E-state index is 13.9. The number of halogens is 2. The molecule has 8 heteroatoms. The molecule has 1 heterocycles. The Morgan fingerprint density at radius 3 is 2.81 bits per heavy atom. The largest absolute Gasteiger partial charge is 0.482 e. The van der Waals surface area contributed by atoms with Crippen molar-refractivity contribution in [1.29, 1.82) is 0 Å². The van der Waals surface area contributed by atoms with E-state index >= 15 is 0 Å². The molecule has 0 bridgehead atoms. The molecule has 0 saturated heterocycles. The van der Waals surface area contributed by atoms with Gasteiger partial charge in [-0.05, 0) is 37.3 Å². The molecule has 1 aliphatic rings. The van der Waals surface area contributed by atoms with Crippen molar-refractivity contribution < 1.29 is 23.1 Å². The third-order valence-corrected chi connectivity index (χ3v) is 4.18. The third-order valence-electron chi connectivity index (χ3n) is 4.18. The number of fused-ring (bicyclic) bond motifs is 1. The molecule has 0 fully saturated rings. The number of hydrogen-bond acceptors (Lipinski definition) is 3. The zero-order valence-electron chi connectivity index (χ0n) is 14.2. The highest BCUT2D eigenvalue weighted by molar-refractivity contribution is 5.96. The predicted octanol–water partition coefficient (Wildman–Crippen LogP) is 3.52. The molecule has 6 nitrogen and oxygen atoms in total. The number of nitrogens with one attached hydrogen (secondary N) is 2. The first-order valence-corrected chi connectivity index (χ1v) is 7.90. The lowest BCUT2D eigenvalue weighted by Crippen LogP contribution is -2.34. The number of rotatable bonds is 3. The molecule has 1 aliphatic heterocycles. The van der Waals surface area contributed by atoms with E-state index in [0.29, 0.717) is 17.1 Å². The van der Waals surface area contributed by atoms with Gasteiger partial charge < -0.3 is 20.3 Å². The summed E-state index contributed by atoms with van der Waals surface area (Å²) in [6, 6.07) is 6.73. The highest BCUT2D eigenvalue weighted by Gasteiger charge is 2.22. The van der Waals surface area contributed by atoms with Gasteiger partial charge in [0, 0.05) is 24.4 Å². The second-order valence-corrected chi connectivity index (χ2v) is 5.93. The van der Waals surface area contributed by atoms with Crippen molar-refractivity contribution in [3.8, 4) is 5.75 Å². The first kappa shape index (κ1) is 17.7. The Morgan fingerprint density at radius 1 is 1.27 bits per heavy atom. The van der Waals surface area contributed by atoms with Crippen molar-refractivity contribution in [3.05, 3.63) is 53.6 Å². The maximum atomic E-state index is 13.9. The number of urea groups is 1. The van der Waals surface area contributed by atoms with Crippen molar-refractivity contribution in [2.75, 3.05) is 24.3 Å². The SMILES string of the molecule is CC(c1cc(F)ccc1F)N(C)C(=O)Nc1ccc2c(c1)OCC(=O)N2. The summed E-state index contributed by atoms with van der Waals surface area (Å²) < 4.78 is 32.6. The zero-order valence-corrected chi connectivity index (χ0v) is 14.2. The van der Waals surface area contributed by atoms with Gasteiger partial charge in [-0.15, -0.1) is 0 Å². The van der Waals surface area contributed by atoms with Crippen LogP contribution in [-0.2, 0) is 4.79 Å². The van der Waals surface area contributed by atoms with Crippen LogP contribution in [0.1, 0.15) is 18.5 Å². The summed E-state index contributed by atoms with van der Waals surface area (Å²) in [7, 11) is 1.49. The van der Waals surface area contributed by atoms with Crippen molar-refractivity contribution in [1.82, 2.24) is 4.90 Å². The van der Waals surface area contributed by atoms with E-state index < -0.39 is 23.7 Å². The minimum atomic E-state index is -0.682. The average Bonchev–Trinajstić information content (AvgIpc) is 2.62. The molecule has 1 atom stereocenters. The lowest BCUT2D eigenvalue weighted by atomic mass is 10.1. The van der Waals surface area contributed by atoms with E-state index in [-0.39, 0.29) is 18.1 Å². The summed E-state index contributed by atoms with van der Waals surface area (Å²) >= 11 is 0. The fourth-order valence-electron chi connectivity index (χ4n) is 2.58. The molecule has 26 heavy (non-hydrogen) atoms. The predicted molar refractivity (Wildman–Crippen MR) is 92.1 cm³/mol. The minimum absolute atomic E-state index is 0.0825. The first-order valence-electron chi connectivity index (χ1n) is 7.90. The normalized spacial score (nSPS) is 13.9. The van der Waals surface area contributed by atoms with E-state index in [4.69, 9.17) is 4.74 Å². The summed E-state index contributed by atoms with van der Waals surface area (Å²) in [6.45, 7) is 1.50. The summed E-state index contributed by atoms with van der Waals surface area (Å²) in [4.78, 5) is 25.0. The van der Waals surface area contributed by atoms with Crippen molar-refractivity contribution in [2.45, 2.75) is 13.0 Å². The molecule has 2 aromatic rings. The second-order valence-electron chi connectivity index (χ2n) is 5.93. The molecule has 0 aromatic heterocycles. The van der Waals surface area contributed by atoms with Crippen LogP contribution < -0.4 is 15.4 Å². The number of anilines is 2. The average molecular weight is 361 g/mol. The van der Waals surface area contributed by atoms with Gasteiger partial charge >= 0.3 is 6.03 Å². The van der Waals surface area contributed by atoms with Crippen LogP contribution in [-0.4, -0.2) is 30.5 Å². The topological polar surface area (TPSA) is 70.7 Å². The number of benzene rings is 2. The molecule has 2 aromatic carbocycles. The highest BCUT2D eigenvalue weighted by atomic mass is 19.1. The number of carbonyl (C=O) groups is 2. The summed E-state index contributed by atoms with van der Waals surface area (Å²) in [5.74, 6) is -0.971. The molecule has 0 saturated carbocycles. The number of amides is 3. The van der Waals surface area contributed by atoms with Crippen LogP contribution in [0, 0.1) is 11.6 Å². The van der Waals surface area contributed by atoms with E-state index in [2.05, 4.69) is 10.6 Å². The molecule has 0 aliphatic carbocycles. The number of carbonyl (C=O) groups excluding carboxylic acids is 2. The van der Waals surface area contributed by atoms with Gasteiger partial charge in [-0.25, -0.2) is 13.6 Å². The Kier molecular flexibility index (Phi) is 4.75. The van der Waals surface area contributed by atoms with Crippen LogP contribution in [0.5, 0.6) is 5.75 Å². The number of hydrogen-bond donors (Lipinski definition) is 2. The fraction of sp³-hybridized carbons (Fsp3) is 0.222. The van der Waals surface area contributed by atoms with Gasteiger partial charge in [-0.1, -0.05) is 0 Å². The highest BCUT2D eigenvalue weighted by Crippen LogP contribution is 2.31. The van der Waals surface area contributed by atoms with Crippen LogP contribution in [0.3, 0.4) is 0 Å². The van der Waals surface area contributed by atoms with E-state index in [1.165, 1.54) is 11.9 Å². The second kappa shape index (κ2) is 6.99. The Hall–Kier alpha value is -3.16. The van der Waals surface area contributed by atoms with E-state index in [1.54, 1.807) is 25.1 Å². The molecule has 0 radical (unpaired) electrons. The molecule has 0 spiro atoms. The van der Waals surface area contributed by atoms with Crippen molar-refractivity contribution in [3.63, 3.8) is 0 Å². The fourth-order valence-corrected chi connectivity index (χ4v) is 2.58. The van der Waals surface area contributed by atoms with Gasteiger partial charge in [-0.2, -0.15) is 0 Å². The quantitative estimate of drug-likeness (QED) is 0.879. The molecule has 136 valence electrons. The van der Waals surface area contributed by atoms with Gasteiger partial charge in [-0.3, -0.25) is 4.79 Å². The Labute approximate surface area is 148 Å². The van der Waals surface area contributed by atoms with Gasteiger partial charge in [0.15, 0.2) is 6.61 Å². The lowest BCUT2D eigenvalue weighted by Gasteiger charge is -2.26. The zero-order chi connectivity index (χ0) is 18.8. The summed E-state index contributed by atoms with van der Waals surface area (Å²) in [5, 5.41) is 5.32. The maximum Gasteiger partial charge on any atom is 0.322 e. The van der Waals surface area contributed by atoms with E-state index in [9.17, 15) is 18.4 Å². The number of nitrogens with zero attached hydrogens (tertiary/aromatic N) is 1. The monoisotopic (exact) mass is 361 g/mol. The van der Waals surface area contributed by atoms with Crippen molar-refractivity contribution in [2.24, 2.45) is 0 Å². The lowest BCUT2D eigenvalue weighted by molar-refractivity contribution is -0.118. The smallest absolute Gasteiger partial charge is 0.322 e. The minimum Gasteiger partial charge on any atom is -0.482 e. The van der Waals surface area contributed by atoms with Crippen LogP contribution in [0.25, 0.3) is 0 Å². The first-order chi connectivity index (χ1) is 12.3. The van der Waals surface area contributed by atoms with Crippen LogP contribution in [0.4, 0.5) is 25.0 Å². The summed E-state index contributed by atoms with van der Waals surface area (Å²) in [6.07, 6.45) is 0. The third kappa shape index (κ3) is 3.58. The molecule has 2 N–H and O–H groups in total. The molecule has 3 rings (SSSR count). The van der Waals surface area contributed by atoms with Crippen molar-refractivity contribution >= 4 is 23.3 Å². The van der Waals surface area contributed by atoms with Crippen LogP contribution in [0.15, 0.2) is 36.4 Å². The standard InChI is InChI=1S/C18H17F2N3O3/c1-10(13-7-11(19)3-5-14(13)20)23(2)18(25)21-12-4-6-15-16(8-12)26-9-17(24)22-15/h3-8,10H,9H2,1-2H3,(H,21,25)(H,22,24). The number of ether oxygens (including phenoxy) is 1. The van der Waals surface area contributed by atoms with Gasteiger partial charge in [0.05, 0.1) is 11.7 Å². The molecule has 1 unspecified atom stereocenters. The van der Waals surface area contributed by atoms with E-state index in [0.717, 1.165) is 18.2 Å². The Morgan fingerprint density at radius 2 is 2.04 bits per heavy atom. The Balaban J connectivity index is 1.73. The molecule has 3 amide bonds. The molecular weight excluding hydrogens is 344 g/mol. The van der Waals surface area contributed by atoms with E-state index in [1.807, 2.05) is 0 Å². The molecular formula is C18H17F2N3O3. The van der Waals surface area contributed by atoms with Crippen LogP contribution >= 0.6 is 0 Å². The summed E-state index contributed by atoms with van der Waals surface area (Å²) in [5.41, 5.74) is 1.05. The van der Waals surface area contributed by atoms with Gasteiger partial charge in [0.1, 0.15) is 17.4 Å². The van der Waals surface area contributed by atoms with Gasteiger partial charge in [0.25, 0.3) is 5.91 Å². The van der Waals surface area contributed by atoms with Crippen LogP contribution in [0.2, 0.25) is 0 Å².